The van der Waals surface area contributed by atoms with Gasteiger partial charge in [-0.05, 0) is 70.5 Å². The maximum absolute atomic E-state index is 12.9. The number of likely N-dealkylation sites (tertiary alicyclic amines) is 1. The van der Waals surface area contributed by atoms with Gasteiger partial charge in [-0.2, -0.15) is 4.98 Å². The highest BCUT2D eigenvalue weighted by Crippen LogP contribution is 2.18. The number of benzene rings is 1. The fourth-order valence-corrected chi connectivity index (χ4v) is 4.87. The Bertz CT molecular complexity index is 1200. The minimum absolute atomic E-state index is 0.123. The Morgan fingerprint density at radius 3 is 2.32 bits per heavy atom. The molecule has 12 nitrogen and oxygen atoms in total. The number of rotatable bonds is 5. The number of nitrogens with two attached hydrogens (primary N) is 3. The van der Waals surface area contributed by atoms with Crippen LogP contribution in [-0.2, 0) is 11.3 Å². The molecule has 206 valence electrons. The molecule has 2 atom stereocenters. The number of aromatic nitrogens is 2. The molecule has 3 amide bonds. The quantitative estimate of drug-likeness (QED) is 0.430. The van der Waals surface area contributed by atoms with E-state index in [0.717, 1.165) is 38.0 Å². The van der Waals surface area contributed by atoms with Crippen molar-refractivity contribution in [2.24, 2.45) is 17.2 Å². The molecule has 0 aliphatic carbocycles. The molecule has 3 heterocycles. The van der Waals surface area contributed by atoms with E-state index >= 15 is 0 Å². The maximum atomic E-state index is 12.9. The molecule has 1 aromatic carbocycles. The molecule has 2 aliphatic heterocycles. The number of urea groups is 1. The van der Waals surface area contributed by atoms with E-state index in [0.29, 0.717) is 11.7 Å². The van der Waals surface area contributed by atoms with Crippen molar-refractivity contribution in [2.75, 3.05) is 31.5 Å². The third-order valence-corrected chi connectivity index (χ3v) is 7.14. The molecule has 1 unspecified atom stereocenters. The Morgan fingerprint density at radius 1 is 1.05 bits per heavy atom. The second-order valence-corrected chi connectivity index (χ2v) is 10.9. The van der Waals surface area contributed by atoms with Gasteiger partial charge in [0, 0.05) is 31.4 Å². The molecule has 0 saturated carbocycles. The van der Waals surface area contributed by atoms with E-state index in [1.165, 1.54) is 9.47 Å². The van der Waals surface area contributed by atoms with E-state index in [4.69, 9.17) is 17.2 Å². The number of nitrogens with one attached hydrogen (secondary N) is 1. The van der Waals surface area contributed by atoms with Gasteiger partial charge in [-0.1, -0.05) is 12.1 Å². The molecule has 0 bridgehead atoms. The maximum Gasteiger partial charge on any atom is 0.354 e. The number of piperazine rings is 1. The zero-order valence-electron chi connectivity index (χ0n) is 22.3. The molecule has 38 heavy (non-hydrogen) atoms. The molecule has 12 heteroatoms. The Morgan fingerprint density at radius 2 is 1.71 bits per heavy atom. The summed E-state index contributed by atoms with van der Waals surface area (Å²) in [4.78, 5) is 47.7. The van der Waals surface area contributed by atoms with Gasteiger partial charge in [-0.15, -0.1) is 0 Å². The first kappa shape index (κ1) is 27.7. The van der Waals surface area contributed by atoms with Crippen molar-refractivity contribution < 1.29 is 9.59 Å². The number of carbonyl (C=O) groups is 2. The highest BCUT2D eigenvalue weighted by Gasteiger charge is 2.38. The summed E-state index contributed by atoms with van der Waals surface area (Å²) in [7, 11) is 0. The van der Waals surface area contributed by atoms with Crippen molar-refractivity contribution in [1.82, 2.24) is 24.3 Å². The van der Waals surface area contributed by atoms with Crippen LogP contribution in [0.15, 0.2) is 41.3 Å². The summed E-state index contributed by atoms with van der Waals surface area (Å²) in [6, 6.07) is 8.88. The molecule has 1 aromatic heterocycles. The lowest BCUT2D eigenvalue weighted by Crippen LogP contribution is -2.67. The molecule has 7 N–H and O–H groups in total. The summed E-state index contributed by atoms with van der Waals surface area (Å²) in [5.41, 5.74) is 18.5. The Labute approximate surface area is 222 Å². The van der Waals surface area contributed by atoms with Crippen LogP contribution in [0, 0.1) is 0 Å². The van der Waals surface area contributed by atoms with Crippen LogP contribution in [0.25, 0.3) is 5.69 Å². The van der Waals surface area contributed by atoms with Gasteiger partial charge in [0.05, 0.1) is 23.9 Å². The molecule has 0 radical (unpaired) electrons. The summed E-state index contributed by atoms with van der Waals surface area (Å²) in [5, 5.41) is 2.65. The highest BCUT2D eigenvalue weighted by molar-refractivity contribution is 5.89. The van der Waals surface area contributed by atoms with Gasteiger partial charge in [-0.3, -0.25) is 19.6 Å². The molecule has 2 aromatic rings. The topological polar surface area (TPSA) is 169 Å². The van der Waals surface area contributed by atoms with Crippen LogP contribution in [0.2, 0.25) is 0 Å². The van der Waals surface area contributed by atoms with Crippen molar-refractivity contribution >= 4 is 17.8 Å². The van der Waals surface area contributed by atoms with Gasteiger partial charge in [-0.25, -0.2) is 9.59 Å². The third-order valence-electron chi connectivity index (χ3n) is 7.14. The normalized spacial score (nSPS) is 21.4. The first-order chi connectivity index (χ1) is 17.9. The largest absolute Gasteiger partial charge is 0.354 e. The van der Waals surface area contributed by atoms with Crippen LogP contribution in [0.1, 0.15) is 39.2 Å². The third kappa shape index (κ3) is 6.38. The Kier molecular flexibility index (Phi) is 8.16. The first-order valence-electron chi connectivity index (χ1n) is 13.0. The van der Waals surface area contributed by atoms with Crippen LogP contribution >= 0.6 is 0 Å². The fraction of sp³-hybridized carbons (Fsp3) is 0.538. The SMILES string of the molecule is CC1CN(C(=O)Nc2ccn(-c3ccc(CN4CCC(N)CC4)cc3)c(=O)n2)[C@H](N)CN1C(=O)C(C)(C)N. The zero-order chi connectivity index (χ0) is 27.6. The Hall–Kier alpha value is -3.32. The molecule has 0 spiro atoms. The van der Waals surface area contributed by atoms with Crippen molar-refractivity contribution in [3.05, 3.63) is 52.6 Å². The second-order valence-electron chi connectivity index (χ2n) is 10.9. The van der Waals surface area contributed by atoms with Crippen LogP contribution < -0.4 is 28.2 Å². The summed E-state index contributed by atoms with van der Waals surface area (Å²) in [5.74, 6) is -0.104. The van der Waals surface area contributed by atoms with E-state index in [1.54, 1.807) is 31.0 Å². The van der Waals surface area contributed by atoms with Crippen molar-refractivity contribution in [1.29, 1.82) is 0 Å². The number of amides is 3. The summed E-state index contributed by atoms with van der Waals surface area (Å²) in [6.45, 7) is 8.32. The van der Waals surface area contributed by atoms with Crippen LogP contribution in [0.4, 0.5) is 10.6 Å². The zero-order valence-corrected chi connectivity index (χ0v) is 22.3. The smallest absolute Gasteiger partial charge is 0.333 e. The van der Waals surface area contributed by atoms with Gasteiger partial charge in [0.2, 0.25) is 5.91 Å². The number of carbonyl (C=O) groups excluding carboxylic acids is 2. The molecule has 2 saturated heterocycles. The summed E-state index contributed by atoms with van der Waals surface area (Å²) in [6.07, 6.45) is 2.87. The second kappa shape index (κ2) is 11.2. The van der Waals surface area contributed by atoms with Gasteiger partial charge in [0.1, 0.15) is 5.82 Å². The number of anilines is 1. The van der Waals surface area contributed by atoms with Gasteiger partial charge >= 0.3 is 11.7 Å². The lowest BCUT2D eigenvalue weighted by atomic mass is 10.0. The minimum Gasteiger partial charge on any atom is -0.333 e. The highest BCUT2D eigenvalue weighted by atomic mass is 16.2. The lowest BCUT2D eigenvalue weighted by molar-refractivity contribution is -0.141. The van der Waals surface area contributed by atoms with E-state index < -0.39 is 23.4 Å². The Balaban J connectivity index is 1.37. The number of piperidine rings is 1. The predicted octanol–water partition coefficient (Wildman–Crippen LogP) is 0.242. The van der Waals surface area contributed by atoms with Crippen LogP contribution in [0.5, 0.6) is 0 Å². The van der Waals surface area contributed by atoms with Crippen molar-refractivity contribution in [3.63, 3.8) is 0 Å². The number of hydrogen-bond acceptors (Lipinski definition) is 8. The molecule has 2 fully saturated rings. The summed E-state index contributed by atoms with van der Waals surface area (Å²) >= 11 is 0. The predicted molar refractivity (Wildman–Crippen MR) is 145 cm³/mol. The van der Waals surface area contributed by atoms with Gasteiger partial charge in [0.25, 0.3) is 0 Å². The van der Waals surface area contributed by atoms with Crippen molar-refractivity contribution in [2.45, 2.75) is 63.9 Å². The molecule has 4 rings (SSSR count). The molecular formula is C26H39N9O3. The van der Waals surface area contributed by atoms with Crippen molar-refractivity contribution in [3.8, 4) is 5.69 Å². The van der Waals surface area contributed by atoms with E-state index in [-0.39, 0.29) is 30.9 Å². The monoisotopic (exact) mass is 525 g/mol. The first-order valence-corrected chi connectivity index (χ1v) is 13.0. The van der Waals surface area contributed by atoms with E-state index in [1.807, 2.05) is 31.2 Å². The number of nitrogens with zero attached hydrogens (tertiary/aromatic N) is 5. The number of hydrogen-bond donors (Lipinski definition) is 4. The fourth-order valence-electron chi connectivity index (χ4n) is 4.87. The average Bonchev–Trinajstić information content (AvgIpc) is 2.86. The van der Waals surface area contributed by atoms with Gasteiger partial charge < -0.3 is 27.0 Å². The van der Waals surface area contributed by atoms with Gasteiger partial charge in [0.15, 0.2) is 0 Å². The molecule has 2 aliphatic rings. The van der Waals surface area contributed by atoms with E-state index in [9.17, 15) is 14.4 Å². The average molecular weight is 526 g/mol. The van der Waals surface area contributed by atoms with Crippen LogP contribution in [-0.4, -0.2) is 86.2 Å². The van der Waals surface area contributed by atoms with Crippen LogP contribution in [0.3, 0.4) is 0 Å². The minimum atomic E-state index is -1.03. The summed E-state index contributed by atoms with van der Waals surface area (Å²) < 4.78 is 1.42. The van der Waals surface area contributed by atoms with E-state index in [2.05, 4.69) is 15.2 Å². The lowest BCUT2D eigenvalue weighted by Gasteiger charge is -2.45. The standard InChI is InChI=1S/C26H39N9O3/c1-17-14-35(21(28)16-34(17)23(36)26(2,3)29)25(38)31-22-10-13-33(24(37)30-22)20-6-4-18(5-7-20)15-32-11-8-19(27)9-12-32/h4-7,10,13,17,19,21H,8-9,11-12,14-16,27-29H2,1-3H3,(H,30,31,37,38)/t17?,21-/m0/s1. The molecular weight excluding hydrogens is 486 g/mol.